The van der Waals surface area contributed by atoms with Crippen molar-refractivity contribution in [3.8, 4) is 11.3 Å². The minimum Gasteiger partial charge on any atom is -0.400 e. The second-order valence-corrected chi connectivity index (χ2v) is 6.29. The largest absolute Gasteiger partial charge is 0.400 e. The van der Waals surface area contributed by atoms with Gasteiger partial charge in [-0.1, -0.05) is 53.9 Å². The van der Waals surface area contributed by atoms with Gasteiger partial charge in [0.05, 0.1) is 11.2 Å². The molecule has 6 rings (SSSR count). The first kappa shape index (κ1) is 21.8. The molecule has 153 valence electrons. The molecule has 0 saturated carbocycles. The Morgan fingerprint density at radius 1 is 0.767 bits per heavy atom. The first-order valence-electron chi connectivity index (χ1n) is 9.18. The summed E-state index contributed by atoms with van der Waals surface area (Å²) < 4.78 is 2.26. The topological polar surface area (TPSA) is 70.7 Å². The van der Waals surface area contributed by atoms with Crippen LogP contribution in [0.4, 0.5) is 0 Å². The van der Waals surface area contributed by atoms with Crippen LogP contribution in [0.15, 0.2) is 72.9 Å². The number of hydrogen-bond acceptors (Lipinski definition) is 4. The van der Waals surface area contributed by atoms with E-state index in [2.05, 4.69) is 64.1 Å². The van der Waals surface area contributed by atoms with Gasteiger partial charge >= 0.3 is 0 Å². The predicted octanol–water partition coefficient (Wildman–Crippen LogP) is 4.31. The summed E-state index contributed by atoms with van der Waals surface area (Å²) in [6, 6.07) is 23.0. The minimum absolute atomic E-state index is 0. The Kier molecular flexibility index (Phi) is 6.75. The average Bonchev–Trinajstić information content (AvgIpc) is 3.34. The molecule has 0 amide bonds. The molecule has 4 heterocycles. The van der Waals surface area contributed by atoms with Crippen molar-refractivity contribution in [1.82, 2.24) is 14.4 Å². The van der Waals surface area contributed by atoms with E-state index in [4.69, 9.17) is 15.2 Å². The van der Waals surface area contributed by atoms with Gasteiger partial charge in [-0.2, -0.15) is 0 Å². The predicted molar refractivity (Wildman–Crippen MR) is 117 cm³/mol. The summed E-state index contributed by atoms with van der Waals surface area (Å²) in [5.74, 6) is 0. The second kappa shape index (κ2) is 9.28. The van der Waals surface area contributed by atoms with Crippen LogP contribution in [0.2, 0.25) is 0 Å². The number of aliphatic hydroxyl groups is 2. The number of pyridine rings is 2. The van der Waals surface area contributed by atoms with Crippen LogP contribution in [0.25, 0.3) is 49.5 Å². The van der Waals surface area contributed by atoms with Crippen molar-refractivity contribution in [2.75, 3.05) is 14.2 Å². The molecule has 0 aliphatic heterocycles. The van der Waals surface area contributed by atoms with E-state index in [1.807, 2.05) is 18.2 Å². The molecule has 0 saturated heterocycles. The molecule has 0 atom stereocenters. The maximum absolute atomic E-state index is 7.00. The number of nitrogens with zero attached hydrogens (tertiary/aromatic N) is 3. The maximum Gasteiger partial charge on any atom is 0.0604 e. The summed E-state index contributed by atoms with van der Waals surface area (Å²) in [7, 11) is 2.00. The molecule has 6 heteroatoms. The summed E-state index contributed by atoms with van der Waals surface area (Å²) in [5.41, 5.74) is 5.19. The van der Waals surface area contributed by atoms with Gasteiger partial charge in [-0.3, -0.25) is 0 Å². The molecule has 1 radical (unpaired) electrons. The van der Waals surface area contributed by atoms with Crippen molar-refractivity contribution in [3.05, 3.63) is 79.1 Å². The van der Waals surface area contributed by atoms with Gasteiger partial charge in [-0.05, 0) is 29.4 Å². The third kappa shape index (κ3) is 3.24. The van der Waals surface area contributed by atoms with E-state index in [0.29, 0.717) is 0 Å². The number of para-hydroxylation sites is 2. The first-order valence-corrected chi connectivity index (χ1v) is 9.18. The zero-order valence-corrected chi connectivity index (χ0v) is 18.9. The van der Waals surface area contributed by atoms with Crippen LogP contribution in [-0.4, -0.2) is 38.8 Å². The van der Waals surface area contributed by atoms with E-state index in [1.54, 1.807) is 6.20 Å². The van der Waals surface area contributed by atoms with Crippen molar-refractivity contribution >= 4 is 38.2 Å². The van der Waals surface area contributed by atoms with E-state index < -0.39 is 0 Å². The van der Waals surface area contributed by atoms with Crippen molar-refractivity contribution in [3.63, 3.8) is 0 Å². The summed E-state index contributed by atoms with van der Waals surface area (Å²) in [6.07, 6.45) is 4.98. The van der Waals surface area contributed by atoms with Gasteiger partial charge in [0, 0.05) is 56.8 Å². The number of aromatic nitrogens is 3. The fraction of sp³-hybridized carbons (Fsp3) is 0.0833. The molecule has 0 unspecified atom stereocenters. The van der Waals surface area contributed by atoms with E-state index >= 15 is 0 Å². The van der Waals surface area contributed by atoms with Crippen LogP contribution in [0.5, 0.6) is 0 Å². The standard InChI is InChI=1S/C22H12N3.2CH4O.Ir/c1-2-10-20-15(6-1)16-7-5-8-17-18-12-14(19-9-3-4-11-23-19)13-24-22(18)25(20)21(16)17;2*1-2;/h1-12H;2*2H,1H3;/q-1;;;. The molecule has 0 aliphatic rings. The van der Waals surface area contributed by atoms with Crippen LogP contribution in [0.3, 0.4) is 0 Å². The summed E-state index contributed by atoms with van der Waals surface area (Å²) in [5, 5.41) is 18.9. The molecule has 0 spiro atoms. The molecule has 5 nitrogen and oxygen atoms in total. The third-order valence-electron chi connectivity index (χ3n) is 4.95. The van der Waals surface area contributed by atoms with Crippen LogP contribution >= 0.6 is 0 Å². The van der Waals surface area contributed by atoms with Crippen molar-refractivity contribution in [2.45, 2.75) is 0 Å². The molecule has 2 aromatic carbocycles. The number of hydrogen-bond donors (Lipinski definition) is 2. The number of aliphatic hydroxyl groups excluding tert-OH is 2. The SMILES string of the molecule is CO.CO.[Ir].[c-]1nc2c(cc1-c1ccccn1)c1cccc3c4ccccc4n2c31. The molecule has 4 aromatic heterocycles. The Labute approximate surface area is 187 Å². The molecular weight excluding hydrogens is 555 g/mol. The Bertz CT molecular complexity index is 1400. The Balaban J connectivity index is 0.000000486. The van der Waals surface area contributed by atoms with Crippen molar-refractivity contribution in [1.29, 1.82) is 0 Å². The zero-order valence-electron chi connectivity index (χ0n) is 16.5. The van der Waals surface area contributed by atoms with E-state index in [-0.39, 0.29) is 20.1 Å². The van der Waals surface area contributed by atoms with Gasteiger partial charge in [0.15, 0.2) is 0 Å². The van der Waals surface area contributed by atoms with Crippen LogP contribution < -0.4 is 0 Å². The van der Waals surface area contributed by atoms with Crippen LogP contribution in [-0.2, 0) is 20.1 Å². The monoisotopic (exact) mass is 575 g/mol. The fourth-order valence-electron chi connectivity index (χ4n) is 3.89. The maximum atomic E-state index is 7.00. The van der Waals surface area contributed by atoms with Crippen molar-refractivity contribution in [2.24, 2.45) is 0 Å². The Hall–Kier alpha value is -2.89. The van der Waals surface area contributed by atoms with Gasteiger partial charge in [-0.25, -0.2) is 0 Å². The third-order valence-corrected chi connectivity index (χ3v) is 4.95. The van der Waals surface area contributed by atoms with Crippen LogP contribution in [0.1, 0.15) is 0 Å². The minimum atomic E-state index is 0. The zero-order chi connectivity index (χ0) is 20.4. The molecule has 0 bridgehead atoms. The van der Waals surface area contributed by atoms with Gasteiger partial charge in [0.2, 0.25) is 0 Å². The van der Waals surface area contributed by atoms with Gasteiger partial charge < -0.3 is 24.6 Å². The quantitative estimate of drug-likeness (QED) is 0.287. The Morgan fingerprint density at radius 3 is 2.17 bits per heavy atom. The molecule has 2 N–H and O–H groups in total. The molecule has 0 aliphatic carbocycles. The number of fused-ring (bicyclic) bond motifs is 6. The molecule has 0 fully saturated rings. The van der Waals surface area contributed by atoms with E-state index in [9.17, 15) is 0 Å². The second-order valence-electron chi connectivity index (χ2n) is 6.29. The van der Waals surface area contributed by atoms with E-state index in [0.717, 1.165) is 36.5 Å². The normalized spacial score (nSPS) is 10.4. The van der Waals surface area contributed by atoms with Gasteiger partial charge in [-0.15, -0.1) is 11.6 Å². The Morgan fingerprint density at radius 2 is 1.43 bits per heavy atom. The van der Waals surface area contributed by atoms with Gasteiger partial charge in [0.25, 0.3) is 0 Å². The van der Waals surface area contributed by atoms with E-state index in [1.165, 1.54) is 27.2 Å². The fourth-order valence-corrected chi connectivity index (χ4v) is 3.89. The number of rotatable bonds is 1. The smallest absolute Gasteiger partial charge is 0.0604 e. The molecule has 6 aromatic rings. The van der Waals surface area contributed by atoms with Crippen molar-refractivity contribution < 1.29 is 30.3 Å². The number of benzene rings is 2. The molecule has 30 heavy (non-hydrogen) atoms. The summed E-state index contributed by atoms with van der Waals surface area (Å²) in [6.45, 7) is 0. The first-order chi connectivity index (χ1) is 14.4. The van der Waals surface area contributed by atoms with Crippen LogP contribution in [0, 0.1) is 6.20 Å². The van der Waals surface area contributed by atoms with Gasteiger partial charge in [0.1, 0.15) is 0 Å². The molecular formula is C24H20IrN3O2-. The summed E-state index contributed by atoms with van der Waals surface area (Å²) in [4.78, 5) is 9.13. The summed E-state index contributed by atoms with van der Waals surface area (Å²) >= 11 is 0. The average molecular weight is 575 g/mol.